The molecule has 0 amide bonds. The van der Waals surface area contributed by atoms with Crippen molar-refractivity contribution >= 4 is 11.8 Å². The molecule has 1 aromatic carbocycles. The fourth-order valence-corrected chi connectivity index (χ4v) is 2.69. The molecular weight excluding hydrogens is 226 g/mol. The van der Waals surface area contributed by atoms with Gasteiger partial charge in [0.1, 0.15) is 0 Å². The van der Waals surface area contributed by atoms with Crippen LogP contribution in [0.3, 0.4) is 0 Å². The van der Waals surface area contributed by atoms with Crippen LogP contribution in [0.2, 0.25) is 0 Å². The number of hydrogen-bond donors (Lipinski definition) is 1. The lowest BCUT2D eigenvalue weighted by Crippen LogP contribution is -2.21. The van der Waals surface area contributed by atoms with Crippen LogP contribution in [-0.2, 0) is 6.42 Å². The quantitative estimate of drug-likeness (QED) is 0.847. The maximum absolute atomic E-state index is 3.41. The molecule has 1 N–H and O–H groups in total. The minimum absolute atomic E-state index is 0.332. The van der Waals surface area contributed by atoms with Gasteiger partial charge in [-0.05, 0) is 24.6 Å². The number of benzene rings is 1. The van der Waals surface area contributed by atoms with Gasteiger partial charge in [0.25, 0.3) is 0 Å². The van der Waals surface area contributed by atoms with E-state index in [4.69, 9.17) is 0 Å². The van der Waals surface area contributed by atoms with E-state index >= 15 is 0 Å². The van der Waals surface area contributed by atoms with Crippen molar-refractivity contribution in [3.63, 3.8) is 0 Å². The zero-order chi connectivity index (χ0) is 12.9. The summed E-state index contributed by atoms with van der Waals surface area (Å²) in [6.07, 6.45) is 1.11. The molecule has 0 aliphatic rings. The van der Waals surface area contributed by atoms with Gasteiger partial charge in [-0.1, -0.05) is 52.0 Å². The summed E-state index contributed by atoms with van der Waals surface area (Å²) in [6.45, 7) is 9.00. The Kier molecular flexibility index (Phi) is 5.54. The number of rotatable bonds is 5. The Bertz CT molecular complexity index is 324. The fraction of sp³-hybridized carbons (Fsp3) is 0.600. The van der Waals surface area contributed by atoms with Gasteiger partial charge in [-0.25, -0.2) is 0 Å². The highest BCUT2D eigenvalue weighted by Crippen LogP contribution is 2.28. The predicted octanol–water partition coefficient (Wildman–Crippen LogP) is 4.04. The summed E-state index contributed by atoms with van der Waals surface area (Å²) in [7, 11) is 2.04. The van der Waals surface area contributed by atoms with E-state index in [2.05, 4.69) is 57.3 Å². The van der Waals surface area contributed by atoms with E-state index < -0.39 is 0 Å². The second kappa shape index (κ2) is 6.46. The molecule has 1 nitrogen and oxygen atoms in total. The van der Waals surface area contributed by atoms with E-state index in [9.17, 15) is 0 Å². The molecule has 0 saturated carbocycles. The summed E-state index contributed by atoms with van der Waals surface area (Å²) in [5.74, 6) is 1.12. The molecular formula is C15H25NS. The molecule has 0 fully saturated rings. The minimum Gasteiger partial charge on any atom is -0.312 e. The zero-order valence-corrected chi connectivity index (χ0v) is 12.5. The molecule has 1 unspecified atom stereocenters. The molecule has 17 heavy (non-hydrogen) atoms. The summed E-state index contributed by atoms with van der Waals surface area (Å²) < 4.78 is 0.332. The van der Waals surface area contributed by atoms with Crippen molar-refractivity contribution in [3.8, 4) is 0 Å². The largest absolute Gasteiger partial charge is 0.312 e. The van der Waals surface area contributed by atoms with Crippen molar-refractivity contribution in [1.82, 2.24) is 5.32 Å². The van der Waals surface area contributed by atoms with Gasteiger partial charge in [0.05, 0.1) is 0 Å². The van der Waals surface area contributed by atoms with E-state index in [-0.39, 0.29) is 0 Å². The summed E-state index contributed by atoms with van der Waals surface area (Å²) in [6, 6.07) is 9.43. The first-order valence-corrected chi connectivity index (χ1v) is 7.35. The van der Waals surface area contributed by atoms with Crippen LogP contribution in [0.25, 0.3) is 0 Å². The second-order valence-electron chi connectivity index (χ2n) is 5.36. The second-order valence-corrected chi connectivity index (χ2v) is 7.21. The maximum atomic E-state index is 3.41. The van der Waals surface area contributed by atoms with Gasteiger partial charge in [-0.2, -0.15) is 11.8 Å². The van der Waals surface area contributed by atoms with E-state index in [1.807, 2.05) is 18.8 Å². The predicted molar refractivity (Wildman–Crippen MR) is 79.8 cm³/mol. The number of thioether (sulfide) groups is 1. The SMILES string of the molecule is CCc1ccc(C(CSC(C)(C)C)NC)cc1. The zero-order valence-electron chi connectivity index (χ0n) is 11.7. The molecule has 2 heteroatoms. The van der Waals surface area contributed by atoms with Crippen LogP contribution >= 0.6 is 11.8 Å². The molecule has 0 aliphatic heterocycles. The first kappa shape index (κ1) is 14.6. The monoisotopic (exact) mass is 251 g/mol. The summed E-state index contributed by atoms with van der Waals surface area (Å²) in [5.41, 5.74) is 2.80. The standard InChI is InChI=1S/C15H25NS/c1-6-12-7-9-13(10-8-12)14(16-5)11-17-15(2,3)4/h7-10,14,16H,6,11H2,1-5H3. The van der Waals surface area contributed by atoms with E-state index in [0.29, 0.717) is 10.8 Å². The Morgan fingerprint density at radius 1 is 1.18 bits per heavy atom. The molecule has 0 saturated heterocycles. The lowest BCUT2D eigenvalue weighted by molar-refractivity contribution is 0.656. The van der Waals surface area contributed by atoms with E-state index in [0.717, 1.165) is 12.2 Å². The third kappa shape index (κ3) is 5.13. The third-order valence-corrected chi connectivity index (χ3v) is 4.19. The Morgan fingerprint density at radius 2 is 1.76 bits per heavy atom. The number of nitrogens with one attached hydrogen (secondary N) is 1. The van der Waals surface area contributed by atoms with Gasteiger partial charge < -0.3 is 5.32 Å². The van der Waals surface area contributed by atoms with Crippen LogP contribution in [0.5, 0.6) is 0 Å². The third-order valence-electron chi connectivity index (χ3n) is 2.82. The Hall–Kier alpha value is -0.470. The Morgan fingerprint density at radius 3 is 2.18 bits per heavy atom. The van der Waals surface area contributed by atoms with Gasteiger partial charge in [0.2, 0.25) is 0 Å². The van der Waals surface area contributed by atoms with Gasteiger partial charge in [-0.15, -0.1) is 0 Å². The topological polar surface area (TPSA) is 12.0 Å². The minimum atomic E-state index is 0.332. The summed E-state index contributed by atoms with van der Waals surface area (Å²) in [5, 5.41) is 3.41. The van der Waals surface area contributed by atoms with Gasteiger partial charge in [0, 0.05) is 16.5 Å². The maximum Gasteiger partial charge on any atom is 0.0409 e. The van der Waals surface area contributed by atoms with Crippen molar-refractivity contribution in [3.05, 3.63) is 35.4 Å². The molecule has 0 bridgehead atoms. The molecule has 0 heterocycles. The molecule has 1 atom stereocenters. The molecule has 0 aromatic heterocycles. The van der Waals surface area contributed by atoms with Crippen molar-refractivity contribution < 1.29 is 0 Å². The van der Waals surface area contributed by atoms with Crippen LogP contribution in [0, 0.1) is 0 Å². The van der Waals surface area contributed by atoms with Crippen LogP contribution in [0.15, 0.2) is 24.3 Å². The van der Waals surface area contributed by atoms with Crippen LogP contribution in [0.4, 0.5) is 0 Å². The van der Waals surface area contributed by atoms with Gasteiger partial charge in [0.15, 0.2) is 0 Å². The normalized spacial score (nSPS) is 13.7. The van der Waals surface area contributed by atoms with Crippen molar-refractivity contribution in [2.45, 2.75) is 44.9 Å². The molecule has 1 rings (SSSR count). The lowest BCUT2D eigenvalue weighted by atomic mass is 10.1. The highest BCUT2D eigenvalue weighted by Gasteiger charge is 2.15. The molecule has 96 valence electrons. The molecule has 1 aromatic rings. The average Bonchev–Trinajstić information content (AvgIpc) is 2.29. The first-order valence-electron chi connectivity index (χ1n) is 6.36. The Labute approximate surface area is 110 Å². The number of hydrogen-bond acceptors (Lipinski definition) is 2. The molecule has 0 aliphatic carbocycles. The lowest BCUT2D eigenvalue weighted by Gasteiger charge is -2.23. The first-order chi connectivity index (χ1) is 7.96. The number of aryl methyl sites for hydroxylation is 1. The highest BCUT2D eigenvalue weighted by atomic mass is 32.2. The highest BCUT2D eigenvalue weighted by molar-refractivity contribution is 8.00. The van der Waals surface area contributed by atoms with Crippen molar-refractivity contribution in [2.24, 2.45) is 0 Å². The van der Waals surface area contributed by atoms with E-state index in [1.54, 1.807) is 0 Å². The Balaban J connectivity index is 2.66. The molecule has 0 radical (unpaired) electrons. The average molecular weight is 251 g/mol. The smallest absolute Gasteiger partial charge is 0.0409 e. The van der Waals surface area contributed by atoms with Gasteiger partial charge in [-0.3, -0.25) is 0 Å². The van der Waals surface area contributed by atoms with Crippen molar-refractivity contribution in [1.29, 1.82) is 0 Å². The van der Waals surface area contributed by atoms with Crippen LogP contribution in [-0.4, -0.2) is 17.5 Å². The van der Waals surface area contributed by atoms with Gasteiger partial charge >= 0.3 is 0 Å². The van der Waals surface area contributed by atoms with Crippen LogP contribution < -0.4 is 5.32 Å². The van der Waals surface area contributed by atoms with Crippen LogP contribution in [0.1, 0.15) is 44.9 Å². The summed E-state index contributed by atoms with van der Waals surface area (Å²) >= 11 is 2.01. The fourth-order valence-electron chi connectivity index (χ4n) is 1.67. The summed E-state index contributed by atoms with van der Waals surface area (Å²) in [4.78, 5) is 0. The van der Waals surface area contributed by atoms with Crippen molar-refractivity contribution in [2.75, 3.05) is 12.8 Å². The van der Waals surface area contributed by atoms with E-state index in [1.165, 1.54) is 11.1 Å². The molecule has 0 spiro atoms.